The molecule has 30 heavy (non-hydrogen) atoms. The van der Waals surface area contributed by atoms with Crippen molar-refractivity contribution in [1.82, 2.24) is 10.2 Å². The first-order valence-corrected chi connectivity index (χ1v) is 10.7. The number of hydrogen-bond acceptors (Lipinski definition) is 5. The summed E-state index contributed by atoms with van der Waals surface area (Å²) in [6.07, 6.45) is 2.38. The number of likely N-dealkylation sites (N-methyl/N-ethyl adjacent to an activating group) is 1. The Kier molecular flexibility index (Phi) is 7.22. The van der Waals surface area contributed by atoms with Gasteiger partial charge in [-0.15, -0.1) is 11.3 Å². The van der Waals surface area contributed by atoms with E-state index in [0.717, 1.165) is 32.0 Å². The van der Waals surface area contributed by atoms with Gasteiger partial charge in [-0.05, 0) is 65.8 Å². The quantitative estimate of drug-likeness (QED) is 0.328. The van der Waals surface area contributed by atoms with E-state index >= 15 is 0 Å². The van der Waals surface area contributed by atoms with Crippen molar-refractivity contribution in [2.75, 3.05) is 19.0 Å². The lowest BCUT2D eigenvalue weighted by molar-refractivity contribution is -0.129. The van der Waals surface area contributed by atoms with Crippen molar-refractivity contribution in [2.45, 2.75) is 19.4 Å². The van der Waals surface area contributed by atoms with Crippen LogP contribution in [0.2, 0.25) is 0 Å². The van der Waals surface area contributed by atoms with Crippen LogP contribution in [0.1, 0.15) is 12.5 Å². The van der Waals surface area contributed by atoms with Crippen LogP contribution in [0.5, 0.6) is 5.75 Å². The topological polar surface area (TPSA) is 77.4 Å². The summed E-state index contributed by atoms with van der Waals surface area (Å²) in [6.45, 7) is 2.07. The monoisotopic (exact) mass is 438 g/mol. The van der Waals surface area contributed by atoms with E-state index in [4.69, 9.17) is 17.0 Å². The van der Waals surface area contributed by atoms with Gasteiger partial charge < -0.3 is 15.4 Å². The van der Waals surface area contributed by atoms with E-state index < -0.39 is 6.04 Å². The summed E-state index contributed by atoms with van der Waals surface area (Å²) in [4.78, 5) is 14.1. The van der Waals surface area contributed by atoms with Gasteiger partial charge in [-0.3, -0.25) is 4.79 Å². The molecular formula is C22H22N4O2S2. The molecule has 0 saturated carbocycles. The molecule has 2 aromatic carbocycles. The number of carbonyl (C=O) groups is 1. The first kappa shape index (κ1) is 21.6. The Morgan fingerprint density at radius 1 is 1.27 bits per heavy atom. The molecule has 0 aliphatic heterocycles. The average molecular weight is 439 g/mol. The zero-order valence-electron chi connectivity index (χ0n) is 16.7. The molecule has 1 atom stereocenters. The lowest BCUT2D eigenvalue weighted by atomic mass is 10.0. The molecular weight excluding hydrogens is 416 g/mol. The molecule has 0 spiro atoms. The molecule has 154 valence electrons. The van der Waals surface area contributed by atoms with E-state index in [-0.39, 0.29) is 5.91 Å². The Labute approximate surface area is 185 Å². The summed E-state index contributed by atoms with van der Waals surface area (Å²) < 4.78 is 6.32. The number of hydrogen-bond donors (Lipinski definition) is 2. The maximum atomic E-state index is 13.0. The van der Waals surface area contributed by atoms with Crippen LogP contribution < -0.4 is 15.4 Å². The van der Waals surface area contributed by atoms with Gasteiger partial charge in [0.25, 0.3) is 5.91 Å². The van der Waals surface area contributed by atoms with Crippen LogP contribution in [0.3, 0.4) is 0 Å². The SMILES string of the molecule is CCN(C#N)C(=O)C(Cc1csc2ccccc12)NC(=S)Nc1ccc(OC)cc1. The van der Waals surface area contributed by atoms with E-state index in [0.29, 0.717) is 18.1 Å². The van der Waals surface area contributed by atoms with E-state index in [1.807, 2.05) is 48.7 Å². The fourth-order valence-electron chi connectivity index (χ4n) is 3.07. The van der Waals surface area contributed by atoms with Crippen LogP contribution in [0.4, 0.5) is 5.69 Å². The van der Waals surface area contributed by atoms with E-state index in [9.17, 15) is 10.1 Å². The van der Waals surface area contributed by atoms with Crippen molar-refractivity contribution in [3.8, 4) is 11.9 Å². The zero-order valence-corrected chi connectivity index (χ0v) is 18.3. The van der Waals surface area contributed by atoms with Crippen LogP contribution in [0, 0.1) is 11.5 Å². The van der Waals surface area contributed by atoms with Gasteiger partial charge in [0.05, 0.1) is 7.11 Å². The normalized spacial score (nSPS) is 11.4. The first-order chi connectivity index (χ1) is 14.5. The van der Waals surface area contributed by atoms with Crippen molar-refractivity contribution in [3.63, 3.8) is 0 Å². The van der Waals surface area contributed by atoms with Crippen molar-refractivity contribution < 1.29 is 9.53 Å². The maximum absolute atomic E-state index is 13.0. The molecule has 1 unspecified atom stereocenters. The summed E-state index contributed by atoms with van der Waals surface area (Å²) in [5.41, 5.74) is 1.82. The van der Waals surface area contributed by atoms with Gasteiger partial charge >= 0.3 is 0 Å². The number of benzene rings is 2. The lowest BCUT2D eigenvalue weighted by Crippen LogP contribution is -2.49. The smallest absolute Gasteiger partial charge is 0.258 e. The molecule has 0 aliphatic rings. The molecule has 1 aromatic heterocycles. The molecule has 0 saturated heterocycles. The second-order valence-corrected chi connectivity index (χ2v) is 7.84. The fraction of sp³-hybridized carbons (Fsp3) is 0.227. The van der Waals surface area contributed by atoms with Gasteiger partial charge in [0, 0.05) is 23.4 Å². The van der Waals surface area contributed by atoms with Crippen LogP contribution in [-0.2, 0) is 11.2 Å². The number of nitrogens with one attached hydrogen (secondary N) is 2. The third kappa shape index (κ3) is 5.06. The molecule has 0 aliphatic carbocycles. The van der Waals surface area contributed by atoms with Gasteiger partial charge in [0.2, 0.25) is 0 Å². The molecule has 3 aromatic rings. The Hall–Kier alpha value is -3.15. The Morgan fingerprint density at radius 3 is 2.67 bits per heavy atom. The third-order valence-electron chi connectivity index (χ3n) is 4.64. The van der Waals surface area contributed by atoms with Crippen molar-refractivity contribution in [1.29, 1.82) is 5.26 Å². The van der Waals surface area contributed by atoms with Crippen LogP contribution >= 0.6 is 23.6 Å². The van der Waals surface area contributed by atoms with Crippen LogP contribution in [0.25, 0.3) is 10.1 Å². The second kappa shape index (κ2) is 10.1. The van der Waals surface area contributed by atoms with E-state index in [1.54, 1.807) is 25.4 Å². The molecule has 8 heteroatoms. The van der Waals surface area contributed by atoms with Crippen molar-refractivity contribution in [2.24, 2.45) is 0 Å². The molecule has 0 radical (unpaired) electrons. The van der Waals surface area contributed by atoms with Gasteiger partial charge in [-0.1, -0.05) is 18.2 Å². The van der Waals surface area contributed by atoms with Crippen LogP contribution in [-0.4, -0.2) is 35.6 Å². The summed E-state index contributed by atoms with van der Waals surface area (Å²) in [5, 5.41) is 19.0. The Bertz CT molecular complexity index is 1070. The van der Waals surface area contributed by atoms with Gasteiger partial charge in [0.15, 0.2) is 11.3 Å². The maximum Gasteiger partial charge on any atom is 0.258 e. The number of thiophene rings is 1. The minimum atomic E-state index is -0.666. The molecule has 1 amide bonds. The fourth-order valence-corrected chi connectivity index (χ4v) is 4.31. The molecule has 1 heterocycles. The van der Waals surface area contributed by atoms with Gasteiger partial charge in [-0.2, -0.15) is 5.26 Å². The summed E-state index contributed by atoms with van der Waals surface area (Å²) >= 11 is 7.07. The van der Waals surface area contributed by atoms with E-state index in [2.05, 4.69) is 22.1 Å². The third-order valence-corrected chi connectivity index (χ3v) is 5.87. The summed E-state index contributed by atoms with van der Waals surface area (Å²) in [6, 6.07) is 14.7. The van der Waals surface area contributed by atoms with Gasteiger partial charge in [-0.25, -0.2) is 4.90 Å². The van der Waals surface area contributed by atoms with Gasteiger partial charge in [0.1, 0.15) is 11.8 Å². The number of anilines is 1. The number of nitrogens with zero attached hydrogens (tertiary/aromatic N) is 2. The highest BCUT2D eigenvalue weighted by Crippen LogP contribution is 2.27. The average Bonchev–Trinajstić information content (AvgIpc) is 3.17. The number of rotatable bonds is 7. The molecule has 6 nitrogen and oxygen atoms in total. The highest BCUT2D eigenvalue weighted by molar-refractivity contribution is 7.80. The number of methoxy groups -OCH3 is 1. The highest BCUT2D eigenvalue weighted by atomic mass is 32.1. The lowest BCUT2D eigenvalue weighted by Gasteiger charge is -2.23. The first-order valence-electron chi connectivity index (χ1n) is 9.43. The molecule has 3 rings (SSSR count). The molecule has 0 fully saturated rings. The Balaban J connectivity index is 1.79. The number of carbonyl (C=O) groups excluding carboxylic acids is 1. The summed E-state index contributed by atoms with van der Waals surface area (Å²) in [5.74, 6) is 0.429. The molecule has 0 bridgehead atoms. The zero-order chi connectivity index (χ0) is 21.5. The van der Waals surface area contributed by atoms with E-state index in [1.165, 1.54) is 0 Å². The predicted octanol–water partition coefficient (Wildman–Crippen LogP) is 4.14. The number of ether oxygens (including phenoxy) is 1. The van der Waals surface area contributed by atoms with Crippen molar-refractivity contribution >= 4 is 50.3 Å². The number of thiocarbonyl (C=S) groups is 1. The molecule has 2 N–H and O–H groups in total. The minimum absolute atomic E-state index is 0.302. The Morgan fingerprint density at radius 2 is 2.00 bits per heavy atom. The summed E-state index contributed by atoms with van der Waals surface area (Å²) in [7, 11) is 1.60. The second-order valence-electron chi connectivity index (χ2n) is 6.52. The standard InChI is InChI=1S/C22H22N4O2S2/c1-3-26(14-23)21(27)19(12-15-13-30-20-7-5-4-6-18(15)20)25-22(29)24-16-8-10-17(28-2)11-9-16/h4-11,13,19H,3,12H2,1-2H3,(H2,24,25,29). The highest BCUT2D eigenvalue weighted by Gasteiger charge is 2.26. The number of nitriles is 1. The van der Waals surface area contributed by atoms with Crippen LogP contribution in [0.15, 0.2) is 53.9 Å². The minimum Gasteiger partial charge on any atom is -0.497 e. The number of fused-ring (bicyclic) bond motifs is 1. The predicted molar refractivity (Wildman–Crippen MR) is 125 cm³/mol. The van der Waals surface area contributed by atoms with Crippen molar-refractivity contribution in [3.05, 3.63) is 59.5 Å². The largest absolute Gasteiger partial charge is 0.497 e. The number of amides is 1.